The zero-order chi connectivity index (χ0) is 17.2. The van der Waals surface area contributed by atoms with Crippen LogP contribution < -0.4 is 11.1 Å². The van der Waals surface area contributed by atoms with Crippen molar-refractivity contribution in [3.8, 4) is 0 Å². The molecule has 0 aliphatic carbocycles. The number of nitrogen functional groups attached to an aromatic ring is 1. The SMILES string of the molecule is Nc1ccc(C(=O)NC(=O)C2CCCN2C(=O)C(F)(F)F)cc1. The number of amides is 3. The highest BCUT2D eigenvalue weighted by Gasteiger charge is 2.47. The number of carbonyl (C=O) groups is 3. The van der Waals surface area contributed by atoms with Crippen molar-refractivity contribution in [2.45, 2.75) is 25.1 Å². The van der Waals surface area contributed by atoms with Crippen LogP contribution in [0.1, 0.15) is 23.2 Å². The summed E-state index contributed by atoms with van der Waals surface area (Å²) in [6.07, 6.45) is -4.72. The summed E-state index contributed by atoms with van der Waals surface area (Å²) in [4.78, 5) is 35.7. The second kappa shape index (κ2) is 6.27. The molecule has 1 saturated heterocycles. The number of rotatable bonds is 2. The molecule has 9 heteroatoms. The standard InChI is InChI=1S/C14H14F3N3O3/c15-14(16,17)13(23)20-7-1-2-10(20)12(22)19-11(21)8-3-5-9(18)6-4-8/h3-6,10H,1-2,7,18H2,(H,19,21,22). The topological polar surface area (TPSA) is 92.5 Å². The van der Waals surface area contributed by atoms with Crippen LogP contribution in [-0.4, -0.2) is 41.4 Å². The fraction of sp³-hybridized carbons (Fsp3) is 0.357. The summed E-state index contributed by atoms with van der Waals surface area (Å²) in [6, 6.07) is 4.36. The average Bonchev–Trinajstić information content (AvgIpc) is 2.95. The van der Waals surface area contributed by atoms with E-state index in [1.165, 1.54) is 24.3 Å². The fourth-order valence-electron chi connectivity index (χ4n) is 2.35. The smallest absolute Gasteiger partial charge is 0.399 e. The highest BCUT2D eigenvalue weighted by atomic mass is 19.4. The first kappa shape index (κ1) is 16.8. The number of hydrogen-bond donors (Lipinski definition) is 2. The van der Waals surface area contributed by atoms with Crippen molar-refractivity contribution in [1.29, 1.82) is 0 Å². The minimum Gasteiger partial charge on any atom is -0.399 e. The first-order chi connectivity index (χ1) is 10.7. The first-order valence-corrected chi connectivity index (χ1v) is 6.78. The molecule has 6 nitrogen and oxygen atoms in total. The predicted octanol–water partition coefficient (Wildman–Crippen LogP) is 1.08. The van der Waals surface area contributed by atoms with E-state index in [1.54, 1.807) is 0 Å². The molecule has 3 N–H and O–H groups in total. The Morgan fingerprint density at radius 1 is 1.17 bits per heavy atom. The Hall–Kier alpha value is -2.58. The van der Waals surface area contributed by atoms with E-state index in [0.29, 0.717) is 10.6 Å². The zero-order valence-corrected chi connectivity index (χ0v) is 11.9. The van der Waals surface area contributed by atoms with Crippen molar-refractivity contribution in [2.75, 3.05) is 12.3 Å². The van der Waals surface area contributed by atoms with E-state index < -0.39 is 29.9 Å². The van der Waals surface area contributed by atoms with Crippen LogP contribution in [0, 0.1) is 0 Å². The van der Waals surface area contributed by atoms with E-state index >= 15 is 0 Å². The molecule has 0 spiro atoms. The molecular formula is C14H14F3N3O3. The lowest BCUT2D eigenvalue weighted by atomic mass is 10.1. The molecule has 0 bridgehead atoms. The van der Waals surface area contributed by atoms with Gasteiger partial charge in [0.25, 0.3) is 5.91 Å². The zero-order valence-electron chi connectivity index (χ0n) is 11.9. The third-order valence-corrected chi connectivity index (χ3v) is 3.47. The van der Waals surface area contributed by atoms with Crippen molar-refractivity contribution >= 4 is 23.4 Å². The quantitative estimate of drug-likeness (QED) is 0.627. The summed E-state index contributed by atoms with van der Waals surface area (Å²) in [5, 5.41) is 2.01. The highest BCUT2D eigenvalue weighted by Crippen LogP contribution is 2.25. The second-order valence-corrected chi connectivity index (χ2v) is 5.09. The molecule has 1 heterocycles. The maximum absolute atomic E-state index is 12.5. The number of carbonyl (C=O) groups excluding carboxylic acids is 3. The summed E-state index contributed by atoms with van der Waals surface area (Å²) >= 11 is 0. The molecule has 1 unspecified atom stereocenters. The molecule has 0 saturated carbocycles. The van der Waals surface area contributed by atoms with Crippen LogP contribution in [0.15, 0.2) is 24.3 Å². The van der Waals surface area contributed by atoms with Gasteiger partial charge in [-0.2, -0.15) is 13.2 Å². The van der Waals surface area contributed by atoms with E-state index in [9.17, 15) is 27.6 Å². The summed E-state index contributed by atoms with van der Waals surface area (Å²) in [7, 11) is 0. The predicted molar refractivity (Wildman–Crippen MR) is 74.1 cm³/mol. The fourth-order valence-corrected chi connectivity index (χ4v) is 2.35. The van der Waals surface area contributed by atoms with E-state index in [2.05, 4.69) is 0 Å². The lowest BCUT2D eigenvalue weighted by molar-refractivity contribution is -0.186. The van der Waals surface area contributed by atoms with Gasteiger partial charge in [0, 0.05) is 17.8 Å². The Morgan fingerprint density at radius 3 is 2.35 bits per heavy atom. The van der Waals surface area contributed by atoms with Crippen LogP contribution in [0.5, 0.6) is 0 Å². The van der Waals surface area contributed by atoms with Gasteiger partial charge in [0.15, 0.2) is 0 Å². The number of hydrogen-bond acceptors (Lipinski definition) is 4. The largest absolute Gasteiger partial charge is 0.471 e. The minimum atomic E-state index is -5.05. The van der Waals surface area contributed by atoms with E-state index in [-0.39, 0.29) is 24.9 Å². The van der Waals surface area contributed by atoms with Crippen LogP contribution in [-0.2, 0) is 9.59 Å². The number of alkyl halides is 3. The molecule has 3 amide bonds. The van der Waals surface area contributed by atoms with Gasteiger partial charge in [0.2, 0.25) is 5.91 Å². The number of likely N-dealkylation sites (tertiary alicyclic amines) is 1. The van der Waals surface area contributed by atoms with Crippen molar-refractivity contribution in [3.63, 3.8) is 0 Å². The number of nitrogens with two attached hydrogens (primary N) is 1. The van der Waals surface area contributed by atoms with Gasteiger partial charge in [-0.25, -0.2) is 0 Å². The van der Waals surface area contributed by atoms with Gasteiger partial charge in [-0.05, 0) is 37.1 Å². The van der Waals surface area contributed by atoms with Crippen LogP contribution in [0.4, 0.5) is 18.9 Å². The van der Waals surface area contributed by atoms with E-state index in [4.69, 9.17) is 5.73 Å². The lowest BCUT2D eigenvalue weighted by Crippen LogP contribution is -2.51. The van der Waals surface area contributed by atoms with Gasteiger partial charge in [-0.3, -0.25) is 19.7 Å². The molecule has 124 valence electrons. The number of halogens is 3. The normalized spacial score (nSPS) is 17.9. The van der Waals surface area contributed by atoms with Crippen molar-refractivity contribution in [2.24, 2.45) is 0 Å². The molecule has 0 aromatic heterocycles. The van der Waals surface area contributed by atoms with Crippen molar-refractivity contribution in [1.82, 2.24) is 10.2 Å². The summed E-state index contributed by atoms with van der Waals surface area (Å²) < 4.78 is 37.5. The maximum atomic E-state index is 12.5. The molecule has 1 aliphatic rings. The van der Waals surface area contributed by atoms with Crippen molar-refractivity contribution in [3.05, 3.63) is 29.8 Å². The highest BCUT2D eigenvalue weighted by molar-refractivity contribution is 6.07. The molecular weight excluding hydrogens is 315 g/mol. The van der Waals surface area contributed by atoms with Gasteiger partial charge >= 0.3 is 12.1 Å². The number of nitrogens with one attached hydrogen (secondary N) is 1. The Kier molecular flexibility index (Phi) is 4.57. The monoisotopic (exact) mass is 329 g/mol. The van der Waals surface area contributed by atoms with Crippen molar-refractivity contribution < 1.29 is 27.6 Å². The number of benzene rings is 1. The first-order valence-electron chi connectivity index (χ1n) is 6.78. The van der Waals surface area contributed by atoms with Gasteiger partial charge in [-0.15, -0.1) is 0 Å². The van der Waals surface area contributed by atoms with Crippen LogP contribution in [0.3, 0.4) is 0 Å². The molecule has 1 atom stereocenters. The van der Waals surface area contributed by atoms with Crippen LogP contribution in [0.25, 0.3) is 0 Å². The minimum absolute atomic E-state index is 0.0721. The van der Waals surface area contributed by atoms with Crippen LogP contribution >= 0.6 is 0 Å². The number of anilines is 1. The number of nitrogens with zero attached hydrogens (tertiary/aromatic N) is 1. The second-order valence-electron chi connectivity index (χ2n) is 5.09. The van der Waals surface area contributed by atoms with Gasteiger partial charge in [-0.1, -0.05) is 0 Å². The third kappa shape index (κ3) is 3.79. The molecule has 1 aromatic carbocycles. The molecule has 23 heavy (non-hydrogen) atoms. The summed E-state index contributed by atoms with van der Waals surface area (Å²) in [6.45, 7) is -0.174. The lowest BCUT2D eigenvalue weighted by Gasteiger charge is -2.24. The Bertz CT molecular complexity index is 628. The summed E-state index contributed by atoms with van der Waals surface area (Å²) in [5.74, 6) is -3.77. The van der Waals surface area contributed by atoms with Crippen LogP contribution in [0.2, 0.25) is 0 Å². The van der Waals surface area contributed by atoms with E-state index in [0.717, 1.165) is 0 Å². The van der Waals surface area contributed by atoms with Gasteiger partial charge in [0.05, 0.1) is 0 Å². The van der Waals surface area contributed by atoms with Gasteiger partial charge < -0.3 is 10.6 Å². The molecule has 2 rings (SSSR count). The maximum Gasteiger partial charge on any atom is 0.471 e. The molecule has 1 aromatic rings. The van der Waals surface area contributed by atoms with E-state index in [1.807, 2.05) is 5.32 Å². The third-order valence-electron chi connectivity index (χ3n) is 3.47. The molecule has 0 radical (unpaired) electrons. The average molecular weight is 329 g/mol. The summed E-state index contributed by atoms with van der Waals surface area (Å²) in [5.41, 5.74) is 6.03. The molecule has 1 fully saturated rings. The van der Waals surface area contributed by atoms with Gasteiger partial charge in [0.1, 0.15) is 6.04 Å². The Morgan fingerprint density at radius 2 is 1.78 bits per heavy atom. The number of imide groups is 1. The Labute approximate surface area is 129 Å². The molecule has 1 aliphatic heterocycles. The Balaban J connectivity index is 2.06.